The van der Waals surface area contributed by atoms with E-state index in [0.717, 1.165) is 11.3 Å². The summed E-state index contributed by atoms with van der Waals surface area (Å²) in [4.78, 5) is 37.9. The smallest absolute Gasteiger partial charge is 0.269 e. The number of para-hydroxylation sites is 1. The lowest BCUT2D eigenvalue weighted by molar-refractivity contribution is -0.384. The van der Waals surface area contributed by atoms with E-state index in [9.17, 15) is 19.7 Å². The third-order valence-electron chi connectivity index (χ3n) is 6.29. The van der Waals surface area contributed by atoms with Crippen molar-refractivity contribution < 1.29 is 14.5 Å². The van der Waals surface area contributed by atoms with E-state index in [0.29, 0.717) is 40.9 Å². The number of amides is 1. The first-order chi connectivity index (χ1) is 15.6. The van der Waals surface area contributed by atoms with Gasteiger partial charge in [0, 0.05) is 52.7 Å². The minimum absolute atomic E-state index is 0.0426. The Bertz CT molecular complexity index is 1240. The standard InChI is InChI=1S/C26H27N3O4/c1-15-8-5-6-11-19(15)28-25(31)22-16(2)27-20-13-26(3,4)14-21(30)24(20)23(22)17-9-7-10-18(12-17)29(32)33/h5-12,23,27H,13-14H2,1-4H3,(H,28,31). The number of hydrogen-bond acceptors (Lipinski definition) is 5. The van der Waals surface area contributed by atoms with Crippen molar-refractivity contribution in [2.45, 2.75) is 46.5 Å². The summed E-state index contributed by atoms with van der Waals surface area (Å²) in [6.45, 7) is 7.80. The number of rotatable bonds is 4. The van der Waals surface area contributed by atoms with Crippen molar-refractivity contribution in [3.63, 3.8) is 0 Å². The second kappa shape index (κ2) is 8.31. The van der Waals surface area contributed by atoms with Crippen LogP contribution in [0.25, 0.3) is 0 Å². The lowest BCUT2D eigenvalue weighted by Gasteiger charge is -2.39. The molecule has 1 aliphatic heterocycles. The summed E-state index contributed by atoms with van der Waals surface area (Å²) >= 11 is 0. The fourth-order valence-electron chi connectivity index (χ4n) is 4.79. The summed E-state index contributed by atoms with van der Waals surface area (Å²) in [7, 11) is 0. The van der Waals surface area contributed by atoms with Crippen molar-refractivity contribution in [2.24, 2.45) is 5.41 Å². The monoisotopic (exact) mass is 445 g/mol. The van der Waals surface area contributed by atoms with Crippen LogP contribution in [0.5, 0.6) is 0 Å². The largest absolute Gasteiger partial charge is 0.362 e. The molecule has 1 atom stereocenters. The highest BCUT2D eigenvalue weighted by molar-refractivity contribution is 6.10. The van der Waals surface area contributed by atoms with E-state index in [1.807, 2.05) is 52.0 Å². The van der Waals surface area contributed by atoms with Gasteiger partial charge in [-0.05, 0) is 42.9 Å². The maximum absolute atomic E-state index is 13.6. The number of nitrogens with one attached hydrogen (secondary N) is 2. The highest BCUT2D eigenvalue weighted by atomic mass is 16.6. The molecule has 2 aromatic carbocycles. The Kier molecular flexibility index (Phi) is 5.66. The van der Waals surface area contributed by atoms with Crippen LogP contribution < -0.4 is 10.6 Å². The molecule has 33 heavy (non-hydrogen) atoms. The molecule has 170 valence electrons. The Hall–Kier alpha value is -3.74. The van der Waals surface area contributed by atoms with Gasteiger partial charge in [-0.2, -0.15) is 0 Å². The van der Waals surface area contributed by atoms with E-state index in [2.05, 4.69) is 10.6 Å². The minimum Gasteiger partial charge on any atom is -0.362 e. The van der Waals surface area contributed by atoms with Crippen LogP contribution in [0, 0.1) is 22.5 Å². The van der Waals surface area contributed by atoms with Crippen LogP contribution in [-0.2, 0) is 9.59 Å². The average Bonchev–Trinajstić information content (AvgIpc) is 2.73. The van der Waals surface area contributed by atoms with Crippen LogP contribution in [0.1, 0.15) is 50.7 Å². The van der Waals surface area contributed by atoms with Crippen molar-refractivity contribution in [3.05, 3.63) is 92.3 Å². The summed E-state index contributed by atoms with van der Waals surface area (Å²) < 4.78 is 0. The van der Waals surface area contributed by atoms with Gasteiger partial charge in [-0.3, -0.25) is 19.7 Å². The predicted octanol–water partition coefficient (Wildman–Crippen LogP) is 5.15. The molecule has 1 amide bonds. The summed E-state index contributed by atoms with van der Waals surface area (Å²) in [5.41, 5.74) is 4.21. The number of carbonyl (C=O) groups excluding carboxylic acids is 2. The molecule has 0 spiro atoms. The molecule has 1 aliphatic carbocycles. The SMILES string of the molecule is CC1=C(C(=O)Nc2ccccc2C)C(c2cccc([N+](=O)[O-])c2)C2=C(CC(C)(C)CC2=O)N1. The number of nitro groups is 1. The van der Waals surface area contributed by atoms with E-state index >= 15 is 0 Å². The number of aryl methyl sites for hydroxylation is 1. The van der Waals surface area contributed by atoms with Gasteiger partial charge in [0.2, 0.25) is 0 Å². The number of dihydropyridines is 1. The Morgan fingerprint density at radius 3 is 2.55 bits per heavy atom. The molecule has 4 rings (SSSR count). The van der Waals surface area contributed by atoms with Gasteiger partial charge in [0.15, 0.2) is 5.78 Å². The second-order valence-corrected chi connectivity index (χ2v) is 9.55. The van der Waals surface area contributed by atoms with Crippen LogP contribution in [0.3, 0.4) is 0 Å². The molecule has 2 N–H and O–H groups in total. The first-order valence-electron chi connectivity index (χ1n) is 10.9. The molecular formula is C26H27N3O4. The quantitative estimate of drug-likeness (QED) is 0.501. The van der Waals surface area contributed by atoms with E-state index in [1.165, 1.54) is 12.1 Å². The molecule has 0 aromatic heterocycles. The van der Waals surface area contributed by atoms with Gasteiger partial charge in [-0.15, -0.1) is 0 Å². The Morgan fingerprint density at radius 2 is 1.85 bits per heavy atom. The van der Waals surface area contributed by atoms with Gasteiger partial charge in [0.25, 0.3) is 11.6 Å². The zero-order valence-electron chi connectivity index (χ0n) is 19.2. The molecule has 2 aromatic rings. The molecule has 0 bridgehead atoms. The average molecular weight is 446 g/mol. The molecule has 0 fully saturated rings. The van der Waals surface area contributed by atoms with Crippen molar-refractivity contribution >= 4 is 23.1 Å². The number of Topliss-reactive ketones (excluding diaryl/α,β-unsaturated/α-hetero) is 1. The van der Waals surface area contributed by atoms with Crippen LogP contribution >= 0.6 is 0 Å². The number of ketones is 1. The van der Waals surface area contributed by atoms with Crippen LogP contribution in [0.2, 0.25) is 0 Å². The minimum atomic E-state index is -0.686. The van der Waals surface area contributed by atoms with Crippen LogP contribution in [-0.4, -0.2) is 16.6 Å². The summed E-state index contributed by atoms with van der Waals surface area (Å²) in [5.74, 6) is -1.07. The Balaban J connectivity index is 1.85. The molecule has 1 unspecified atom stereocenters. The number of hydrogen-bond donors (Lipinski definition) is 2. The molecule has 0 saturated carbocycles. The van der Waals surface area contributed by atoms with E-state index in [-0.39, 0.29) is 22.8 Å². The number of benzene rings is 2. The fraction of sp³-hybridized carbons (Fsp3) is 0.308. The topological polar surface area (TPSA) is 101 Å². The van der Waals surface area contributed by atoms with E-state index in [4.69, 9.17) is 0 Å². The Labute approximate surface area is 192 Å². The second-order valence-electron chi connectivity index (χ2n) is 9.55. The van der Waals surface area contributed by atoms with Crippen molar-refractivity contribution in [2.75, 3.05) is 5.32 Å². The number of allylic oxidation sites excluding steroid dienone is 3. The van der Waals surface area contributed by atoms with Crippen LogP contribution in [0.15, 0.2) is 71.1 Å². The number of nitro benzene ring substituents is 1. The van der Waals surface area contributed by atoms with Gasteiger partial charge < -0.3 is 10.6 Å². The Morgan fingerprint density at radius 1 is 1.12 bits per heavy atom. The number of carbonyl (C=O) groups is 2. The molecule has 7 nitrogen and oxygen atoms in total. The zero-order chi connectivity index (χ0) is 23.9. The highest BCUT2D eigenvalue weighted by Gasteiger charge is 2.43. The number of non-ortho nitro benzene ring substituents is 1. The summed E-state index contributed by atoms with van der Waals surface area (Å²) in [6.07, 6.45) is 1.01. The van der Waals surface area contributed by atoms with Gasteiger partial charge in [-0.1, -0.05) is 44.2 Å². The molecular weight excluding hydrogens is 418 g/mol. The third-order valence-corrected chi connectivity index (χ3v) is 6.29. The van der Waals surface area contributed by atoms with E-state index in [1.54, 1.807) is 12.1 Å². The normalized spacial score (nSPS) is 19.6. The lowest BCUT2D eigenvalue weighted by atomic mass is 9.68. The van der Waals surface area contributed by atoms with Gasteiger partial charge >= 0.3 is 0 Å². The van der Waals surface area contributed by atoms with E-state index < -0.39 is 10.8 Å². The lowest BCUT2D eigenvalue weighted by Crippen LogP contribution is -2.39. The predicted molar refractivity (Wildman–Crippen MR) is 127 cm³/mol. The maximum Gasteiger partial charge on any atom is 0.269 e. The maximum atomic E-state index is 13.6. The number of anilines is 1. The molecule has 0 saturated heterocycles. The van der Waals surface area contributed by atoms with Crippen molar-refractivity contribution in [1.29, 1.82) is 0 Å². The first-order valence-corrected chi connectivity index (χ1v) is 10.9. The highest BCUT2D eigenvalue weighted by Crippen LogP contribution is 2.47. The number of nitrogens with zero attached hydrogens (tertiary/aromatic N) is 1. The van der Waals surface area contributed by atoms with Gasteiger partial charge in [-0.25, -0.2) is 0 Å². The first kappa shape index (κ1) is 22.5. The zero-order valence-corrected chi connectivity index (χ0v) is 19.2. The summed E-state index contributed by atoms with van der Waals surface area (Å²) in [5, 5.41) is 17.7. The summed E-state index contributed by atoms with van der Waals surface area (Å²) in [6, 6.07) is 13.7. The molecule has 1 heterocycles. The third kappa shape index (κ3) is 4.31. The van der Waals surface area contributed by atoms with Crippen molar-refractivity contribution in [3.8, 4) is 0 Å². The molecule has 0 radical (unpaired) electrons. The van der Waals surface area contributed by atoms with Crippen LogP contribution in [0.4, 0.5) is 11.4 Å². The van der Waals surface area contributed by atoms with Crippen molar-refractivity contribution in [1.82, 2.24) is 5.32 Å². The van der Waals surface area contributed by atoms with Gasteiger partial charge in [0.05, 0.1) is 4.92 Å². The molecule has 7 heteroatoms. The molecule has 2 aliphatic rings. The van der Waals surface area contributed by atoms with Gasteiger partial charge in [0.1, 0.15) is 0 Å². The fourth-order valence-corrected chi connectivity index (χ4v) is 4.79.